The Labute approximate surface area is 158 Å². The molecule has 0 saturated heterocycles. The first-order chi connectivity index (χ1) is 12.6. The predicted octanol–water partition coefficient (Wildman–Crippen LogP) is 3.81. The summed E-state index contributed by atoms with van der Waals surface area (Å²) in [5, 5.41) is 12.9. The number of aromatic nitrogens is 4. The molecule has 6 nitrogen and oxygen atoms in total. The maximum absolute atomic E-state index is 9.37. The van der Waals surface area contributed by atoms with Gasteiger partial charge in [-0.1, -0.05) is 43.2 Å². The van der Waals surface area contributed by atoms with E-state index < -0.39 is 0 Å². The lowest BCUT2D eigenvalue weighted by Gasteiger charge is -2.12. The third kappa shape index (κ3) is 4.31. The summed E-state index contributed by atoms with van der Waals surface area (Å²) in [6, 6.07) is 8.31. The first-order valence-electron chi connectivity index (χ1n) is 8.89. The van der Waals surface area contributed by atoms with Gasteiger partial charge in [0.1, 0.15) is 0 Å². The molecular weight excluding hydrogens is 350 g/mol. The minimum atomic E-state index is 0.195. The fraction of sp³-hybridized carbons (Fsp3) is 0.421. The Bertz CT molecular complexity index is 875. The zero-order valence-corrected chi connectivity index (χ0v) is 15.9. The van der Waals surface area contributed by atoms with Crippen LogP contribution in [0.5, 0.6) is 0 Å². The molecule has 0 aliphatic carbocycles. The van der Waals surface area contributed by atoms with E-state index in [0.717, 1.165) is 19.4 Å². The zero-order valence-electron chi connectivity index (χ0n) is 15.1. The summed E-state index contributed by atoms with van der Waals surface area (Å²) in [4.78, 5) is 13.1. The summed E-state index contributed by atoms with van der Waals surface area (Å²) in [7, 11) is 0. The van der Waals surface area contributed by atoms with Crippen molar-refractivity contribution in [1.29, 1.82) is 0 Å². The van der Waals surface area contributed by atoms with Gasteiger partial charge in [-0.15, -0.1) is 0 Å². The van der Waals surface area contributed by atoms with Gasteiger partial charge in [0.2, 0.25) is 5.28 Å². The number of aryl methyl sites for hydroxylation is 2. The Kier molecular flexibility index (Phi) is 6.06. The van der Waals surface area contributed by atoms with E-state index in [0.29, 0.717) is 23.5 Å². The lowest BCUT2D eigenvalue weighted by molar-refractivity contribution is 0.210. The molecule has 1 aromatic carbocycles. The highest BCUT2D eigenvalue weighted by atomic mass is 35.5. The largest absolute Gasteiger partial charge is 0.396 e. The van der Waals surface area contributed by atoms with E-state index in [2.05, 4.69) is 52.3 Å². The predicted molar refractivity (Wildman–Crippen MR) is 104 cm³/mol. The Hall–Kier alpha value is -2.18. The number of nitrogens with one attached hydrogen (secondary N) is 1. The summed E-state index contributed by atoms with van der Waals surface area (Å²) >= 11 is 6.13. The number of hydrogen-bond donors (Lipinski definition) is 2. The number of aliphatic hydroxyl groups excluding tert-OH is 1. The summed E-state index contributed by atoms with van der Waals surface area (Å²) in [5.74, 6) is 0.915. The molecule has 138 valence electrons. The van der Waals surface area contributed by atoms with Gasteiger partial charge in [-0.2, -0.15) is 9.97 Å². The van der Waals surface area contributed by atoms with Crippen LogP contribution in [0.15, 0.2) is 30.6 Å². The van der Waals surface area contributed by atoms with E-state index in [4.69, 9.17) is 11.6 Å². The van der Waals surface area contributed by atoms with E-state index in [1.165, 1.54) is 11.1 Å². The van der Waals surface area contributed by atoms with Crippen LogP contribution in [0.25, 0.3) is 11.2 Å². The van der Waals surface area contributed by atoms with E-state index in [-0.39, 0.29) is 17.8 Å². The molecular formula is C19H24ClN5O. The highest BCUT2D eigenvalue weighted by Gasteiger charge is 2.14. The van der Waals surface area contributed by atoms with Crippen LogP contribution in [0.2, 0.25) is 5.28 Å². The fourth-order valence-electron chi connectivity index (χ4n) is 2.96. The number of nitrogens with zero attached hydrogens (tertiary/aromatic N) is 4. The second-order valence-corrected chi connectivity index (χ2v) is 6.88. The SMILES string of the molecule is CCC(CO)CCn1cnc2c(NCc3cccc(C)c3)nc(Cl)nc21. The third-order valence-electron chi connectivity index (χ3n) is 4.59. The first-order valence-corrected chi connectivity index (χ1v) is 9.27. The lowest BCUT2D eigenvalue weighted by atomic mass is 10.0. The van der Waals surface area contributed by atoms with Crippen LogP contribution in [0.1, 0.15) is 30.9 Å². The fourth-order valence-corrected chi connectivity index (χ4v) is 3.12. The van der Waals surface area contributed by atoms with Gasteiger partial charge in [0.05, 0.1) is 6.33 Å². The molecule has 2 N–H and O–H groups in total. The molecule has 1 unspecified atom stereocenters. The number of benzene rings is 1. The number of hydrogen-bond acceptors (Lipinski definition) is 5. The van der Waals surface area contributed by atoms with Crippen molar-refractivity contribution < 1.29 is 5.11 Å². The van der Waals surface area contributed by atoms with Crippen LogP contribution in [0.4, 0.5) is 5.82 Å². The minimum absolute atomic E-state index is 0.195. The quantitative estimate of drug-likeness (QED) is 0.587. The van der Waals surface area contributed by atoms with Crippen molar-refractivity contribution in [1.82, 2.24) is 19.5 Å². The Balaban J connectivity index is 1.80. The maximum Gasteiger partial charge on any atom is 0.226 e. The van der Waals surface area contributed by atoms with Crippen molar-refractivity contribution >= 4 is 28.6 Å². The van der Waals surface area contributed by atoms with E-state index in [1.54, 1.807) is 6.33 Å². The Morgan fingerprint density at radius 2 is 2.15 bits per heavy atom. The van der Waals surface area contributed by atoms with Crippen LogP contribution >= 0.6 is 11.6 Å². The van der Waals surface area contributed by atoms with Crippen molar-refractivity contribution in [3.8, 4) is 0 Å². The molecule has 3 aromatic rings. The number of rotatable bonds is 8. The van der Waals surface area contributed by atoms with Crippen LogP contribution in [0, 0.1) is 12.8 Å². The summed E-state index contributed by atoms with van der Waals surface area (Å²) in [5.41, 5.74) is 3.80. The van der Waals surface area contributed by atoms with Gasteiger partial charge in [-0.3, -0.25) is 0 Å². The number of fused-ring (bicyclic) bond motifs is 1. The molecule has 2 aromatic heterocycles. The average Bonchev–Trinajstić information content (AvgIpc) is 3.03. The van der Waals surface area contributed by atoms with E-state index in [1.807, 2.05) is 10.6 Å². The monoisotopic (exact) mass is 373 g/mol. The van der Waals surface area contributed by atoms with Gasteiger partial charge < -0.3 is 15.0 Å². The molecule has 7 heteroatoms. The molecule has 0 amide bonds. The van der Waals surface area contributed by atoms with Crippen molar-refractivity contribution in [3.63, 3.8) is 0 Å². The highest BCUT2D eigenvalue weighted by molar-refractivity contribution is 6.28. The van der Waals surface area contributed by atoms with Crippen molar-refractivity contribution in [2.24, 2.45) is 5.92 Å². The van der Waals surface area contributed by atoms with Crippen LogP contribution in [-0.2, 0) is 13.1 Å². The number of anilines is 1. The van der Waals surface area contributed by atoms with Crippen molar-refractivity contribution in [3.05, 3.63) is 47.0 Å². The van der Waals surface area contributed by atoms with Crippen LogP contribution in [0.3, 0.4) is 0 Å². The zero-order chi connectivity index (χ0) is 18.5. The second kappa shape index (κ2) is 8.47. The van der Waals surface area contributed by atoms with Gasteiger partial charge in [-0.25, -0.2) is 4.98 Å². The third-order valence-corrected chi connectivity index (χ3v) is 4.76. The number of imidazole rings is 1. The minimum Gasteiger partial charge on any atom is -0.396 e. The van der Waals surface area contributed by atoms with Gasteiger partial charge >= 0.3 is 0 Å². The molecule has 2 heterocycles. The van der Waals surface area contributed by atoms with E-state index >= 15 is 0 Å². The molecule has 3 rings (SSSR count). The highest BCUT2D eigenvalue weighted by Crippen LogP contribution is 2.22. The molecule has 0 bridgehead atoms. The van der Waals surface area contributed by atoms with Crippen molar-refractivity contribution in [2.45, 2.75) is 39.8 Å². The first kappa shape index (κ1) is 18.6. The molecule has 0 radical (unpaired) electrons. The normalized spacial score (nSPS) is 12.5. The van der Waals surface area contributed by atoms with Crippen LogP contribution in [-0.4, -0.2) is 31.2 Å². The molecule has 0 saturated carbocycles. The summed E-state index contributed by atoms with van der Waals surface area (Å²) < 4.78 is 1.97. The number of halogens is 1. The van der Waals surface area contributed by atoms with Gasteiger partial charge in [0, 0.05) is 19.7 Å². The average molecular weight is 374 g/mol. The lowest BCUT2D eigenvalue weighted by Crippen LogP contribution is -2.09. The Morgan fingerprint density at radius 3 is 2.88 bits per heavy atom. The van der Waals surface area contributed by atoms with E-state index in [9.17, 15) is 5.11 Å². The molecule has 26 heavy (non-hydrogen) atoms. The number of aliphatic hydroxyl groups is 1. The maximum atomic E-state index is 9.37. The molecule has 0 aliphatic rings. The Morgan fingerprint density at radius 1 is 1.31 bits per heavy atom. The smallest absolute Gasteiger partial charge is 0.226 e. The molecule has 1 atom stereocenters. The standard InChI is InChI=1S/C19H24ClN5O/c1-3-14(11-26)7-8-25-12-22-16-17(23-19(20)24-18(16)25)21-10-15-6-4-5-13(2)9-15/h4-6,9,12,14,26H,3,7-8,10-11H2,1-2H3,(H,21,23,24). The van der Waals surface area contributed by atoms with Crippen LogP contribution < -0.4 is 5.32 Å². The molecule has 0 fully saturated rings. The molecule has 0 aliphatic heterocycles. The van der Waals surface area contributed by atoms with Gasteiger partial charge in [0.25, 0.3) is 0 Å². The topological polar surface area (TPSA) is 75.9 Å². The van der Waals surface area contributed by atoms with Gasteiger partial charge in [0.15, 0.2) is 17.0 Å². The van der Waals surface area contributed by atoms with Crippen molar-refractivity contribution in [2.75, 3.05) is 11.9 Å². The molecule has 0 spiro atoms. The summed E-state index contributed by atoms with van der Waals surface area (Å²) in [6.07, 6.45) is 3.58. The summed E-state index contributed by atoms with van der Waals surface area (Å²) in [6.45, 7) is 5.72. The second-order valence-electron chi connectivity index (χ2n) is 6.54. The van der Waals surface area contributed by atoms with Gasteiger partial charge in [-0.05, 0) is 36.4 Å².